The third-order valence-corrected chi connectivity index (χ3v) is 2.86. The van der Waals surface area contributed by atoms with Gasteiger partial charge in [0.1, 0.15) is 0 Å². The third-order valence-electron chi connectivity index (χ3n) is 2.86. The largest absolute Gasteiger partial charge is 0.365 e. The molecule has 18 heavy (non-hydrogen) atoms. The Balaban J connectivity index is 1.86. The average molecular weight is 242 g/mol. The maximum atomic E-state index is 11.2. The minimum absolute atomic E-state index is 0.0546. The maximum Gasteiger partial charge on any atom is 0.181 e. The number of aromatic amines is 1. The van der Waals surface area contributed by atoms with Crippen LogP contribution in [-0.4, -0.2) is 11.0 Å². The van der Waals surface area contributed by atoms with Crippen LogP contribution in [0.3, 0.4) is 0 Å². The van der Waals surface area contributed by atoms with E-state index in [2.05, 4.69) is 29.4 Å². The van der Waals surface area contributed by atoms with E-state index in [4.69, 9.17) is 0 Å². The molecule has 1 atom stereocenters. The second-order valence-electron chi connectivity index (χ2n) is 4.52. The fraction of sp³-hybridized carbons (Fsp3) is 0.267. The first-order chi connectivity index (χ1) is 8.74. The van der Waals surface area contributed by atoms with Gasteiger partial charge in [0.2, 0.25) is 0 Å². The van der Waals surface area contributed by atoms with Gasteiger partial charge in [-0.05, 0) is 12.5 Å². The van der Waals surface area contributed by atoms with Gasteiger partial charge in [-0.15, -0.1) is 0 Å². The van der Waals surface area contributed by atoms with Gasteiger partial charge in [0.15, 0.2) is 5.43 Å². The molecule has 0 aliphatic rings. The van der Waals surface area contributed by atoms with Crippen molar-refractivity contribution < 1.29 is 0 Å². The highest BCUT2D eigenvalue weighted by Gasteiger charge is 2.03. The van der Waals surface area contributed by atoms with Crippen molar-refractivity contribution in [3.63, 3.8) is 0 Å². The van der Waals surface area contributed by atoms with E-state index in [1.165, 1.54) is 11.6 Å². The van der Waals surface area contributed by atoms with Gasteiger partial charge in [-0.1, -0.05) is 30.3 Å². The van der Waals surface area contributed by atoms with Crippen LogP contribution in [0.4, 0.5) is 0 Å². The molecule has 0 radical (unpaired) electrons. The predicted octanol–water partition coefficient (Wildman–Crippen LogP) is 2.10. The first-order valence-electron chi connectivity index (χ1n) is 6.19. The maximum absolute atomic E-state index is 11.2. The molecular formula is C15H18N2O. The van der Waals surface area contributed by atoms with E-state index < -0.39 is 0 Å². The smallest absolute Gasteiger partial charge is 0.181 e. The van der Waals surface area contributed by atoms with Crippen LogP contribution in [0.15, 0.2) is 53.5 Å². The Hall–Kier alpha value is -1.87. The van der Waals surface area contributed by atoms with Crippen LogP contribution in [0.2, 0.25) is 0 Å². The first-order valence-corrected chi connectivity index (χ1v) is 6.19. The highest BCUT2D eigenvalue weighted by atomic mass is 16.1. The Kier molecular flexibility index (Phi) is 4.31. The molecule has 0 bridgehead atoms. The number of rotatable bonds is 5. The van der Waals surface area contributed by atoms with Crippen molar-refractivity contribution in [3.05, 3.63) is 70.1 Å². The predicted molar refractivity (Wildman–Crippen MR) is 73.5 cm³/mol. The molecule has 1 aromatic heterocycles. The molecule has 2 N–H and O–H groups in total. The monoisotopic (exact) mass is 242 g/mol. The zero-order valence-corrected chi connectivity index (χ0v) is 10.5. The summed E-state index contributed by atoms with van der Waals surface area (Å²) in [6, 6.07) is 13.8. The highest BCUT2D eigenvalue weighted by molar-refractivity contribution is 5.14. The summed E-state index contributed by atoms with van der Waals surface area (Å²) in [6.07, 6.45) is 2.52. The summed E-state index contributed by atoms with van der Waals surface area (Å²) in [6.45, 7) is 2.97. The topological polar surface area (TPSA) is 44.9 Å². The van der Waals surface area contributed by atoms with E-state index in [0.29, 0.717) is 6.04 Å². The van der Waals surface area contributed by atoms with E-state index in [1.807, 2.05) is 18.2 Å². The molecule has 3 nitrogen and oxygen atoms in total. The molecule has 1 heterocycles. The summed E-state index contributed by atoms with van der Waals surface area (Å²) in [5.74, 6) is 0. The fourth-order valence-corrected chi connectivity index (χ4v) is 1.90. The zero-order valence-electron chi connectivity index (χ0n) is 10.5. The molecule has 0 aliphatic carbocycles. The van der Waals surface area contributed by atoms with Gasteiger partial charge in [-0.25, -0.2) is 0 Å². The number of aromatic nitrogens is 1. The van der Waals surface area contributed by atoms with E-state index in [-0.39, 0.29) is 5.43 Å². The van der Waals surface area contributed by atoms with Crippen molar-refractivity contribution in [2.45, 2.75) is 25.9 Å². The normalized spacial score (nSPS) is 12.3. The molecule has 3 heteroatoms. The van der Waals surface area contributed by atoms with Crippen molar-refractivity contribution in [3.8, 4) is 0 Å². The number of benzene rings is 1. The van der Waals surface area contributed by atoms with Crippen molar-refractivity contribution in [2.24, 2.45) is 0 Å². The molecule has 0 saturated heterocycles. The summed E-state index contributed by atoms with van der Waals surface area (Å²) in [5.41, 5.74) is 2.29. The van der Waals surface area contributed by atoms with Crippen LogP contribution in [0.1, 0.15) is 18.2 Å². The van der Waals surface area contributed by atoms with Gasteiger partial charge in [0, 0.05) is 43.0 Å². The number of nitrogens with one attached hydrogen (secondary N) is 2. The lowest BCUT2D eigenvalue weighted by Crippen LogP contribution is -2.28. The number of hydrogen-bond donors (Lipinski definition) is 2. The Morgan fingerprint density at radius 1 is 1.22 bits per heavy atom. The molecular weight excluding hydrogens is 224 g/mol. The minimum atomic E-state index is 0.0546. The SMILES string of the molecule is CC(Cc1cc(=O)cc[nH]1)NCc1ccccc1. The first kappa shape index (κ1) is 12.6. The van der Waals surface area contributed by atoms with E-state index >= 15 is 0 Å². The lowest BCUT2D eigenvalue weighted by molar-refractivity contribution is 0.540. The van der Waals surface area contributed by atoms with Crippen molar-refractivity contribution >= 4 is 0 Å². The molecule has 2 aromatic rings. The lowest BCUT2D eigenvalue weighted by atomic mass is 10.1. The standard InChI is InChI=1S/C15H18N2O/c1-12(9-14-10-15(18)7-8-16-14)17-11-13-5-3-2-4-6-13/h2-8,10,12,17H,9,11H2,1H3,(H,16,18). The molecule has 0 saturated carbocycles. The molecule has 0 fully saturated rings. The van der Waals surface area contributed by atoms with Crippen molar-refractivity contribution in [2.75, 3.05) is 0 Å². The summed E-state index contributed by atoms with van der Waals surface area (Å²) < 4.78 is 0. The number of hydrogen-bond acceptors (Lipinski definition) is 2. The van der Waals surface area contributed by atoms with Gasteiger partial charge in [0.25, 0.3) is 0 Å². The number of pyridine rings is 1. The minimum Gasteiger partial charge on any atom is -0.365 e. The molecule has 0 aliphatic heterocycles. The van der Waals surface area contributed by atoms with Gasteiger partial charge in [-0.2, -0.15) is 0 Å². The summed E-state index contributed by atoms with van der Waals surface area (Å²) in [7, 11) is 0. The molecule has 2 rings (SSSR count). The fourth-order valence-electron chi connectivity index (χ4n) is 1.90. The van der Waals surface area contributed by atoms with Crippen molar-refractivity contribution in [1.82, 2.24) is 10.3 Å². The van der Waals surface area contributed by atoms with Crippen LogP contribution in [0.25, 0.3) is 0 Å². The summed E-state index contributed by atoms with van der Waals surface area (Å²) >= 11 is 0. The highest BCUT2D eigenvalue weighted by Crippen LogP contribution is 2.01. The molecule has 0 amide bonds. The lowest BCUT2D eigenvalue weighted by Gasteiger charge is -2.13. The van der Waals surface area contributed by atoms with Gasteiger partial charge in [-0.3, -0.25) is 4.79 Å². The van der Waals surface area contributed by atoms with Gasteiger partial charge in [0.05, 0.1) is 0 Å². The van der Waals surface area contributed by atoms with Gasteiger partial charge < -0.3 is 10.3 Å². The quantitative estimate of drug-likeness (QED) is 0.843. The Morgan fingerprint density at radius 3 is 2.72 bits per heavy atom. The van der Waals surface area contributed by atoms with E-state index in [9.17, 15) is 4.79 Å². The van der Waals surface area contributed by atoms with Crippen molar-refractivity contribution in [1.29, 1.82) is 0 Å². The van der Waals surface area contributed by atoms with Crippen LogP contribution in [0.5, 0.6) is 0 Å². The molecule has 1 aromatic carbocycles. The second-order valence-corrected chi connectivity index (χ2v) is 4.52. The molecule has 94 valence electrons. The third kappa shape index (κ3) is 3.86. The summed E-state index contributed by atoms with van der Waals surface area (Å²) in [4.78, 5) is 14.3. The van der Waals surface area contributed by atoms with E-state index in [0.717, 1.165) is 18.7 Å². The Labute approximate surface area is 107 Å². The Morgan fingerprint density at radius 2 is 2.00 bits per heavy atom. The molecule has 1 unspecified atom stereocenters. The number of H-pyrrole nitrogens is 1. The molecule has 0 spiro atoms. The average Bonchev–Trinajstić information content (AvgIpc) is 2.38. The van der Waals surface area contributed by atoms with Gasteiger partial charge >= 0.3 is 0 Å². The summed E-state index contributed by atoms with van der Waals surface area (Å²) in [5, 5.41) is 3.44. The zero-order chi connectivity index (χ0) is 12.8. The van der Waals surface area contributed by atoms with Crippen LogP contribution in [-0.2, 0) is 13.0 Å². The second kappa shape index (κ2) is 6.17. The van der Waals surface area contributed by atoms with Crippen LogP contribution in [0, 0.1) is 0 Å². The van der Waals surface area contributed by atoms with Crippen LogP contribution >= 0.6 is 0 Å². The van der Waals surface area contributed by atoms with E-state index in [1.54, 1.807) is 12.3 Å². The Bertz CT molecular complexity index is 533. The van der Waals surface area contributed by atoms with Crippen LogP contribution < -0.4 is 10.7 Å².